The Bertz CT molecular complexity index is 764. The third-order valence-electron chi connectivity index (χ3n) is 5.47. The van der Waals surface area contributed by atoms with Gasteiger partial charge >= 0.3 is 0 Å². The quantitative estimate of drug-likeness (QED) is 0.805. The van der Waals surface area contributed by atoms with Gasteiger partial charge in [-0.05, 0) is 57.0 Å². The average molecular weight is 366 g/mol. The van der Waals surface area contributed by atoms with E-state index >= 15 is 0 Å². The van der Waals surface area contributed by atoms with Crippen LogP contribution in [0.4, 0.5) is 11.4 Å². The molecule has 1 aliphatic rings. The van der Waals surface area contributed by atoms with Gasteiger partial charge in [0.25, 0.3) is 0 Å². The van der Waals surface area contributed by atoms with Crippen molar-refractivity contribution in [1.82, 2.24) is 4.90 Å². The van der Waals surface area contributed by atoms with Crippen LogP contribution in [0.1, 0.15) is 25.0 Å². The molecule has 0 spiro atoms. The summed E-state index contributed by atoms with van der Waals surface area (Å²) in [5.74, 6) is 0.177. The van der Waals surface area contributed by atoms with E-state index in [-0.39, 0.29) is 11.9 Å². The van der Waals surface area contributed by atoms with Gasteiger partial charge in [-0.25, -0.2) is 0 Å². The molecule has 4 heteroatoms. The van der Waals surface area contributed by atoms with E-state index in [9.17, 15) is 4.79 Å². The SMILES string of the molecule is Cc1cccc(N2CCN(CC(=O)N(c3ccccc3)C(C)C)CC2)c1C. The summed E-state index contributed by atoms with van der Waals surface area (Å²) < 4.78 is 0. The first kappa shape index (κ1) is 19.4. The third kappa shape index (κ3) is 4.51. The predicted molar refractivity (Wildman–Crippen MR) is 114 cm³/mol. The highest BCUT2D eigenvalue weighted by atomic mass is 16.2. The molecule has 0 unspecified atom stereocenters. The van der Waals surface area contributed by atoms with Gasteiger partial charge in [0.05, 0.1) is 6.54 Å². The molecule has 1 aliphatic heterocycles. The number of para-hydroxylation sites is 1. The first-order valence-corrected chi connectivity index (χ1v) is 9.88. The van der Waals surface area contributed by atoms with E-state index in [4.69, 9.17) is 0 Å². The molecule has 0 saturated carbocycles. The number of rotatable bonds is 5. The van der Waals surface area contributed by atoms with Crippen LogP contribution in [0.3, 0.4) is 0 Å². The monoisotopic (exact) mass is 365 g/mol. The molecule has 144 valence electrons. The summed E-state index contributed by atoms with van der Waals surface area (Å²) in [5.41, 5.74) is 5.00. The second-order valence-corrected chi connectivity index (χ2v) is 7.68. The van der Waals surface area contributed by atoms with Gasteiger partial charge in [-0.15, -0.1) is 0 Å². The molecule has 1 heterocycles. The van der Waals surface area contributed by atoms with Crippen molar-refractivity contribution in [2.75, 3.05) is 42.5 Å². The van der Waals surface area contributed by atoms with E-state index in [1.807, 2.05) is 35.2 Å². The lowest BCUT2D eigenvalue weighted by Gasteiger charge is -2.38. The number of carbonyl (C=O) groups is 1. The standard InChI is InChI=1S/C23H31N3O/c1-18(2)26(21-10-6-5-7-11-21)23(27)17-24-13-15-25(16-14-24)22-12-8-9-19(3)20(22)4/h5-12,18H,13-17H2,1-4H3. The van der Waals surface area contributed by atoms with Gasteiger partial charge in [0.15, 0.2) is 0 Å². The first-order valence-electron chi connectivity index (χ1n) is 9.88. The molecule has 0 aromatic heterocycles. The fourth-order valence-corrected chi connectivity index (χ4v) is 3.81. The van der Waals surface area contributed by atoms with Gasteiger partial charge in [-0.1, -0.05) is 30.3 Å². The van der Waals surface area contributed by atoms with E-state index < -0.39 is 0 Å². The first-order chi connectivity index (χ1) is 13.0. The molecule has 1 saturated heterocycles. The predicted octanol–water partition coefficient (Wildman–Crippen LogP) is 3.87. The van der Waals surface area contributed by atoms with Crippen LogP contribution in [0.25, 0.3) is 0 Å². The van der Waals surface area contributed by atoms with Crippen LogP contribution in [-0.4, -0.2) is 49.6 Å². The molecule has 1 amide bonds. The fourth-order valence-electron chi connectivity index (χ4n) is 3.81. The van der Waals surface area contributed by atoms with Crippen molar-refractivity contribution in [1.29, 1.82) is 0 Å². The molecule has 2 aromatic rings. The molecule has 4 nitrogen and oxygen atoms in total. The number of piperazine rings is 1. The van der Waals surface area contributed by atoms with Gasteiger partial charge < -0.3 is 9.80 Å². The van der Waals surface area contributed by atoms with Gasteiger partial charge in [-0.3, -0.25) is 9.69 Å². The second-order valence-electron chi connectivity index (χ2n) is 7.68. The zero-order chi connectivity index (χ0) is 19.4. The Balaban J connectivity index is 1.61. The maximum atomic E-state index is 13.0. The largest absolute Gasteiger partial charge is 0.369 e. The van der Waals surface area contributed by atoms with Crippen molar-refractivity contribution in [3.05, 3.63) is 59.7 Å². The van der Waals surface area contributed by atoms with Crippen LogP contribution in [0.15, 0.2) is 48.5 Å². The minimum Gasteiger partial charge on any atom is -0.369 e. The normalized spacial score (nSPS) is 15.2. The number of amides is 1. The summed E-state index contributed by atoms with van der Waals surface area (Å²) >= 11 is 0. The van der Waals surface area contributed by atoms with Crippen LogP contribution in [0.5, 0.6) is 0 Å². The molecular formula is C23H31N3O. The summed E-state index contributed by atoms with van der Waals surface area (Å²) in [6.45, 7) is 12.7. The highest BCUT2D eigenvalue weighted by molar-refractivity contribution is 5.95. The van der Waals surface area contributed by atoms with E-state index in [2.05, 4.69) is 55.7 Å². The van der Waals surface area contributed by atoms with E-state index in [1.165, 1.54) is 16.8 Å². The highest BCUT2D eigenvalue weighted by Gasteiger charge is 2.24. The second kappa shape index (κ2) is 8.57. The van der Waals surface area contributed by atoms with E-state index in [1.54, 1.807) is 0 Å². The molecule has 0 bridgehead atoms. The summed E-state index contributed by atoms with van der Waals surface area (Å²) in [6.07, 6.45) is 0. The Labute approximate surface area is 163 Å². The minimum absolute atomic E-state index is 0.149. The van der Waals surface area contributed by atoms with Gasteiger partial charge in [0.2, 0.25) is 5.91 Å². The van der Waals surface area contributed by atoms with E-state index in [0.29, 0.717) is 6.54 Å². The van der Waals surface area contributed by atoms with Crippen LogP contribution in [0, 0.1) is 13.8 Å². The Morgan fingerprint density at radius 3 is 2.26 bits per heavy atom. The molecule has 0 radical (unpaired) electrons. The van der Waals surface area contributed by atoms with Crippen molar-refractivity contribution in [2.45, 2.75) is 33.7 Å². The fraction of sp³-hybridized carbons (Fsp3) is 0.435. The zero-order valence-electron chi connectivity index (χ0n) is 17.0. The maximum Gasteiger partial charge on any atom is 0.241 e. The van der Waals surface area contributed by atoms with Gasteiger partial charge in [0.1, 0.15) is 0 Å². The lowest BCUT2D eigenvalue weighted by atomic mass is 10.1. The number of nitrogens with zero attached hydrogens (tertiary/aromatic N) is 3. The topological polar surface area (TPSA) is 26.8 Å². The Kier molecular flexibility index (Phi) is 6.17. The molecule has 2 aromatic carbocycles. The molecule has 0 atom stereocenters. The number of benzene rings is 2. The maximum absolute atomic E-state index is 13.0. The molecule has 27 heavy (non-hydrogen) atoms. The minimum atomic E-state index is 0.149. The van der Waals surface area contributed by atoms with Crippen molar-refractivity contribution >= 4 is 17.3 Å². The Morgan fingerprint density at radius 1 is 0.963 bits per heavy atom. The summed E-state index contributed by atoms with van der Waals surface area (Å²) in [5, 5.41) is 0. The van der Waals surface area contributed by atoms with Crippen molar-refractivity contribution < 1.29 is 4.79 Å². The summed E-state index contributed by atoms with van der Waals surface area (Å²) in [7, 11) is 0. The molecular weight excluding hydrogens is 334 g/mol. The third-order valence-corrected chi connectivity index (χ3v) is 5.47. The highest BCUT2D eigenvalue weighted by Crippen LogP contribution is 2.24. The summed E-state index contributed by atoms with van der Waals surface area (Å²) in [4.78, 5) is 19.6. The number of hydrogen-bond donors (Lipinski definition) is 0. The van der Waals surface area contributed by atoms with Crippen LogP contribution >= 0.6 is 0 Å². The smallest absolute Gasteiger partial charge is 0.241 e. The van der Waals surface area contributed by atoms with Crippen LogP contribution < -0.4 is 9.80 Å². The number of carbonyl (C=O) groups excluding carboxylic acids is 1. The number of aryl methyl sites for hydroxylation is 1. The van der Waals surface area contributed by atoms with Crippen LogP contribution in [0.2, 0.25) is 0 Å². The molecule has 3 rings (SSSR count). The Morgan fingerprint density at radius 2 is 1.63 bits per heavy atom. The van der Waals surface area contributed by atoms with Crippen molar-refractivity contribution in [3.8, 4) is 0 Å². The zero-order valence-corrected chi connectivity index (χ0v) is 17.0. The average Bonchev–Trinajstić information content (AvgIpc) is 2.65. The van der Waals surface area contributed by atoms with Crippen molar-refractivity contribution in [3.63, 3.8) is 0 Å². The van der Waals surface area contributed by atoms with Gasteiger partial charge in [0, 0.05) is 43.6 Å². The van der Waals surface area contributed by atoms with Crippen molar-refractivity contribution in [2.24, 2.45) is 0 Å². The van der Waals surface area contributed by atoms with Crippen LogP contribution in [-0.2, 0) is 4.79 Å². The lowest BCUT2D eigenvalue weighted by Crippen LogP contribution is -2.51. The Hall–Kier alpha value is -2.33. The van der Waals surface area contributed by atoms with E-state index in [0.717, 1.165) is 31.9 Å². The van der Waals surface area contributed by atoms with Gasteiger partial charge in [-0.2, -0.15) is 0 Å². The molecule has 0 aliphatic carbocycles. The number of anilines is 2. The molecule has 0 N–H and O–H groups in total. The lowest BCUT2D eigenvalue weighted by molar-refractivity contribution is -0.120. The summed E-state index contributed by atoms with van der Waals surface area (Å²) in [6, 6.07) is 16.6. The number of hydrogen-bond acceptors (Lipinski definition) is 3. The molecule has 1 fully saturated rings.